The molecule has 0 amide bonds. The van der Waals surface area contributed by atoms with Gasteiger partial charge >= 0.3 is 0 Å². The third kappa shape index (κ3) is 4.29. The number of hydrogen-bond acceptors (Lipinski definition) is 1. The van der Waals surface area contributed by atoms with E-state index >= 15 is 0 Å². The van der Waals surface area contributed by atoms with Crippen molar-refractivity contribution in [3.05, 3.63) is 90.2 Å². The summed E-state index contributed by atoms with van der Waals surface area (Å²) in [7, 11) is 0. The highest BCUT2D eigenvalue weighted by Gasteiger charge is 1.93. The van der Waals surface area contributed by atoms with E-state index in [1.54, 1.807) is 0 Å². The quantitative estimate of drug-likeness (QED) is 0.564. The van der Waals surface area contributed by atoms with Crippen LogP contribution in [0.25, 0.3) is 12.2 Å². The molecule has 0 aromatic heterocycles. The first-order valence-electron chi connectivity index (χ1n) is 6.70. The summed E-state index contributed by atoms with van der Waals surface area (Å²) in [5, 5.41) is 3.24. The first-order chi connectivity index (χ1) is 9.78. The third-order valence-electron chi connectivity index (χ3n) is 2.85. The highest BCUT2D eigenvalue weighted by Crippen LogP contribution is 2.14. The lowest BCUT2D eigenvalue weighted by Crippen LogP contribution is -1.94. The largest absolute Gasteiger partial charge is 0.356 e. The van der Waals surface area contributed by atoms with Crippen LogP contribution >= 0.6 is 0 Å². The number of hydrogen-bond donors (Lipinski definition) is 1. The van der Waals surface area contributed by atoms with Crippen LogP contribution < -0.4 is 5.32 Å². The number of nitrogens with one attached hydrogen (secondary N) is 1. The minimum atomic E-state index is 0.889. The molecule has 2 aromatic rings. The summed E-state index contributed by atoms with van der Waals surface area (Å²) in [4.78, 5) is 0. The Morgan fingerprint density at radius 2 is 1.50 bits per heavy atom. The van der Waals surface area contributed by atoms with E-state index in [-0.39, 0.29) is 0 Å². The Morgan fingerprint density at radius 1 is 0.900 bits per heavy atom. The summed E-state index contributed by atoms with van der Waals surface area (Å²) in [5.41, 5.74) is 4.32. The molecule has 1 nitrogen and oxygen atoms in total. The first kappa shape index (κ1) is 13.9. The van der Waals surface area contributed by atoms with Crippen molar-refractivity contribution in [2.75, 3.05) is 5.32 Å². The fourth-order valence-electron chi connectivity index (χ4n) is 1.86. The molecule has 0 aliphatic rings. The fourth-order valence-corrected chi connectivity index (χ4v) is 1.86. The molecule has 2 aromatic carbocycles. The minimum Gasteiger partial charge on any atom is -0.356 e. The van der Waals surface area contributed by atoms with Crippen LogP contribution in [0.15, 0.2) is 79.0 Å². The molecular formula is C19H19N. The zero-order valence-corrected chi connectivity index (χ0v) is 11.7. The van der Waals surface area contributed by atoms with Crippen LogP contribution in [0, 0.1) is 0 Å². The van der Waals surface area contributed by atoms with Crippen LogP contribution in [0.5, 0.6) is 0 Å². The van der Waals surface area contributed by atoms with Gasteiger partial charge in [-0.3, -0.25) is 0 Å². The van der Waals surface area contributed by atoms with Crippen LogP contribution in [0.1, 0.15) is 18.1 Å². The zero-order valence-electron chi connectivity index (χ0n) is 11.7. The van der Waals surface area contributed by atoms with Gasteiger partial charge in [-0.15, -0.1) is 0 Å². The second-order valence-corrected chi connectivity index (χ2v) is 4.52. The van der Waals surface area contributed by atoms with E-state index < -0.39 is 0 Å². The number of anilines is 1. The highest BCUT2D eigenvalue weighted by atomic mass is 14.9. The molecule has 0 radical (unpaired) electrons. The van der Waals surface area contributed by atoms with Crippen molar-refractivity contribution in [3.8, 4) is 0 Å². The summed E-state index contributed by atoms with van der Waals surface area (Å²) in [6.45, 7) is 5.90. The van der Waals surface area contributed by atoms with E-state index in [0.29, 0.717) is 0 Å². The van der Waals surface area contributed by atoms with Crippen molar-refractivity contribution in [1.29, 1.82) is 0 Å². The molecule has 0 atom stereocenters. The monoisotopic (exact) mass is 261 g/mol. The molecule has 0 bridgehead atoms. The molecule has 0 saturated heterocycles. The van der Waals surface area contributed by atoms with Gasteiger partial charge in [0.15, 0.2) is 0 Å². The molecule has 20 heavy (non-hydrogen) atoms. The van der Waals surface area contributed by atoms with Crippen molar-refractivity contribution in [2.45, 2.75) is 6.92 Å². The van der Waals surface area contributed by atoms with E-state index in [0.717, 1.165) is 11.4 Å². The Morgan fingerprint density at radius 3 is 2.10 bits per heavy atom. The normalized spacial score (nSPS) is 11.1. The predicted molar refractivity (Wildman–Crippen MR) is 89.4 cm³/mol. The van der Waals surface area contributed by atoms with Gasteiger partial charge in [-0.25, -0.2) is 0 Å². The summed E-state index contributed by atoms with van der Waals surface area (Å²) >= 11 is 0. The van der Waals surface area contributed by atoms with Gasteiger partial charge in [0, 0.05) is 11.4 Å². The number of allylic oxidation sites excluding steroid dienone is 2. The number of benzene rings is 2. The molecule has 0 aliphatic carbocycles. The van der Waals surface area contributed by atoms with Gasteiger partial charge in [0.1, 0.15) is 0 Å². The van der Waals surface area contributed by atoms with Crippen molar-refractivity contribution in [2.24, 2.45) is 0 Å². The van der Waals surface area contributed by atoms with E-state index in [1.165, 1.54) is 11.1 Å². The molecule has 1 heteroatoms. The van der Waals surface area contributed by atoms with Gasteiger partial charge in [-0.05, 0) is 36.3 Å². The summed E-state index contributed by atoms with van der Waals surface area (Å²) in [6.07, 6.45) is 8.14. The van der Waals surface area contributed by atoms with Gasteiger partial charge < -0.3 is 5.32 Å². The van der Waals surface area contributed by atoms with Crippen LogP contribution in [0.4, 0.5) is 5.69 Å². The molecule has 0 unspecified atom stereocenters. The van der Waals surface area contributed by atoms with E-state index in [9.17, 15) is 0 Å². The Hall–Kier alpha value is -2.54. The summed E-state index contributed by atoms with van der Waals surface area (Å²) in [6, 6.07) is 18.6. The van der Waals surface area contributed by atoms with Crippen molar-refractivity contribution >= 4 is 17.8 Å². The average molecular weight is 261 g/mol. The molecule has 1 N–H and O–H groups in total. The smallest absolute Gasteiger partial charge is 0.0384 e. The Kier molecular flexibility index (Phi) is 4.96. The Labute approximate surface area is 121 Å². The van der Waals surface area contributed by atoms with E-state index in [4.69, 9.17) is 0 Å². The van der Waals surface area contributed by atoms with Crippen LogP contribution in [0.3, 0.4) is 0 Å². The van der Waals surface area contributed by atoms with Gasteiger partial charge in [0.25, 0.3) is 0 Å². The van der Waals surface area contributed by atoms with Crippen LogP contribution in [-0.2, 0) is 0 Å². The SMILES string of the molecule is C=C(/C=C\C)Nc1ccc(/C=C/c2ccccc2)cc1. The molecule has 100 valence electrons. The van der Waals surface area contributed by atoms with E-state index in [2.05, 4.69) is 60.4 Å². The molecule has 0 spiro atoms. The predicted octanol–water partition coefficient (Wildman–Crippen LogP) is 5.36. The molecule has 0 fully saturated rings. The van der Waals surface area contributed by atoms with Gasteiger partial charge in [0.2, 0.25) is 0 Å². The molecule has 0 aliphatic heterocycles. The van der Waals surface area contributed by atoms with Crippen molar-refractivity contribution in [3.63, 3.8) is 0 Å². The second kappa shape index (κ2) is 7.15. The maximum atomic E-state index is 3.93. The molecule has 2 rings (SSSR count). The zero-order chi connectivity index (χ0) is 14.2. The van der Waals surface area contributed by atoms with Crippen LogP contribution in [-0.4, -0.2) is 0 Å². The van der Waals surface area contributed by atoms with Gasteiger partial charge in [0.05, 0.1) is 0 Å². The Balaban J connectivity index is 2.01. The lowest BCUT2D eigenvalue weighted by molar-refractivity contribution is 1.48. The lowest BCUT2D eigenvalue weighted by Gasteiger charge is -2.05. The highest BCUT2D eigenvalue weighted by molar-refractivity contribution is 5.70. The lowest BCUT2D eigenvalue weighted by atomic mass is 10.1. The van der Waals surface area contributed by atoms with Crippen molar-refractivity contribution in [1.82, 2.24) is 0 Å². The topological polar surface area (TPSA) is 12.0 Å². The minimum absolute atomic E-state index is 0.889. The fraction of sp³-hybridized carbons (Fsp3) is 0.0526. The molecular weight excluding hydrogens is 242 g/mol. The second-order valence-electron chi connectivity index (χ2n) is 4.52. The summed E-state index contributed by atoms with van der Waals surface area (Å²) < 4.78 is 0. The summed E-state index contributed by atoms with van der Waals surface area (Å²) in [5.74, 6) is 0. The van der Waals surface area contributed by atoms with Crippen molar-refractivity contribution < 1.29 is 0 Å². The standard InChI is InChI=1S/C19H19N/c1-3-7-16(2)20-19-14-12-18(13-15-19)11-10-17-8-5-4-6-9-17/h3-15,20H,2H2,1H3/b7-3-,11-10+. The third-order valence-corrected chi connectivity index (χ3v) is 2.85. The maximum Gasteiger partial charge on any atom is 0.0384 e. The maximum absolute atomic E-state index is 3.93. The van der Waals surface area contributed by atoms with Gasteiger partial charge in [-0.2, -0.15) is 0 Å². The average Bonchev–Trinajstić information content (AvgIpc) is 2.48. The first-order valence-corrected chi connectivity index (χ1v) is 6.70. The Bertz CT molecular complexity index is 604. The molecule has 0 saturated carbocycles. The van der Waals surface area contributed by atoms with Gasteiger partial charge in [-0.1, -0.05) is 67.3 Å². The molecule has 0 heterocycles. The van der Waals surface area contributed by atoms with Crippen LogP contribution in [0.2, 0.25) is 0 Å². The number of rotatable bonds is 5. The van der Waals surface area contributed by atoms with E-state index in [1.807, 2.05) is 37.3 Å².